The van der Waals surface area contributed by atoms with Crippen molar-refractivity contribution in [1.29, 1.82) is 0 Å². The van der Waals surface area contributed by atoms with Crippen LogP contribution in [0.4, 0.5) is 0 Å². The van der Waals surface area contributed by atoms with Crippen LogP contribution in [0.15, 0.2) is 48.5 Å². The molecule has 2 aliphatic heterocycles. The molecular formula is C35H42N2O8. The highest BCUT2D eigenvalue weighted by Crippen LogP contribution is 2.53. The smallest absolute Gasteiger partial charge is 0.309 e. The van der Waals surface area contributed by atoms with Crippen LogP contribution in [-0.4, -0.2) is 56.0 Å². The van der Waals surface area contributed by atoms with Gasteiger partial charge in [0.05, 0.1) is 26.7 Å². The van der Waals surface area contributed by atoms with Crippen LogP contribution in [0.5, 0.6) is 28.7 Å². The van der Waals surface area contributed by atoms with E-state index in [0.717, 1.165) is 23.1 Å². The van der Waals surface area contributed by atoms with Crippen molar-refractivity contribution >= 4 is 11.9 Å². The average molecular weight is 619 g/mol. The second-order valence-corrected chi connectivity index (χ2v) is 11.3. The largest absolute Gasteiger partial charge is 0.493 e. The zero-order chi connectivity index (χ0) is 32.2. The van der Waals surface area contributed by atoms with Crippen molar-refractivity contribution in [2.45, 2.75) is 58.0 Å². The lowest BCUT2D eigenvalue weighted by Gasteiger charge is -2.35. The molecule has 240 valence electrons. The van der Waals surface area contributed by atoms with Crippen LogP contribution in [0, 0.1) is 5.92 Å². The number of carboxylic acids is 1. The topological polar surface area (TPSA) is 130 Å². The van der Waals surface area contributed by atoms with Gasteiger partial charge in [-0.3, -0.25) is 14.5 Å². The number of nitrogens with zero attached hydrogens (tertiary/aromatic N) is 1. The minimum atomic E-state index is -1.00. The van der Waals surface area contributed by atoms with Crippen molar-refractivity contribution in [3.8, 4) is 28.7 Å². The van der Waals surface area contributed by atoms with E-state index >= 15 is 0 Å². The van der Waals surface area contributed by atoms with E-state index in [9.17, 15) is 14.7 Å². The highest BCUT2D eigenvalue weighted by Gasteiger charge is 2.52. The van der Waals surface area contributed by atoms with E-state index in [0.29, 0.717) is 59.3 Å². The number of benzene rings is 3. The summed E-state index contributed by atoms with van der Waals surface area (Å²) in [5, 5.41) is 10.9. The lowest BCUT2D eigenvalue weighted by atomic mass is 9.82. The zero-order valence-corrected chi connectivity index (χ0v) is 26.5. The van der Waals surface area contributed by atoms with E-state index in [2.05, 4.69) is 0 Å². The number of hydrogen-bond donors (Lipinski definition) is 2. The molecule has 3 N–H and O–H groups in total. The van der Waals surface area contributed by atoms with Gasteiger partial charge in [0.2, 0.25) is 18.4 Å². The second-order valence-electron chi connectivity index (χ2n) is 11.3. The Balaban J connectivity index is 1.73. The average Bonchev–Trinajstić information content (AvgIpc) is 3.68. The number of likely N-dealkylation sites (tertiary alicyclic amines) is 1. The normalized spacial score (nSPS) is 19.7. The quantitative estimate of drug-likeness (QED) is 0.258. The molecule has 4 unspecified atom stereocenters. The van der Waals surface area contributed by atoms with Crippen LogP contribution in [0.3, 0.4) is 0 Å². The van der Waals surface area contributed by atoms with Crippen molar-refractivity contribution in [3.63, 3.8) is 0 Å². The van der Waals surface area contributed by atoms with Crippen LogP contribution in [-0.2, 0) is 22.4 Å². The van der Waals surface area contributed by atoms with E-state index in [1.165, 1.54) is 7.11 Å². The van der Waals surface area contributed by atoms with Gasteiger partial charge in [0.1, 0.15) is 6.04 Å². The van der Waals surface area contributed by atoms with Crippen molar-refractivity contribution in [2.75, 3.05) is 34.2 Å². The summed E-state index contributed by atoms with van der Waals surface area (Å²) in [5.74, 6) is -0.610. The molecule has 0 bridgehead atoms. The van der Waals surface area contributed by atoms with E-state index in [1.54, 1.807) is 19.2 Å². The summed E-state index contributed by atoms with van der Waals surface area (Å²) >= 11 is 0. The fraction of sp³-hybridized carbons (Fsp3) is 0.429. The van der Waals surface area contributed by atoms with Crippen molar-refractivity contribution in [2.24, 2.45) is 11.7 Å². The first-order valence-corrected chi connectivity index (χ1v) is 15.4. The monoisotopic (exact) mass is 618 g/mol. The molecule has 0 saturated carbocycles. The molecule has 3 aromatic rings. The maximum Gasteiger partial charge on any atom is 0.309 e. The number of carboxylic acid groups (broad SMARTS) is 1. The SMILES string of the molecule is CCCOc1ccc(C2C(C(=O)O)C(c3cc(OC)c4c(c3)OCO4)CN2C(C(N)=O)c2c(CC)cccc2CC)cc1OC. The van der Waals surface area contributed by atoms with Crippen LogP contribution in [0.2, 0.25) is 0 Å². The Morgan fingerprint density at radius 1 is 0.956 bits per heavy atom. The molecule has 0 spiro atoms. The second kappa shape index (κ2) is 13.7. The fourth-order valence-electron chi connectivity index (χ4n) is 6.83. The molecule has 2 aliphatic rings. The van der Waals surface area contributed by atoms with Crippen LogP contribution >= 0.6 is 0 Å². The number of fused-ring (bicyclic) bond motifs is 1. The number of hydrogen-bond acceptors (Lipinski definition) is 8. The Hall–Kier alpha value is -4.44. The summed E-state index contributed by atoms with van der Waals surface area (Å²) in [4.78, 5) is 28.9. The summed E-state index contributed by atoms with van der Waals surface area (Å²) in [5.41, 5.74) is 10.5. The summed E-state index contributed by atoms with van der Waals surface area (Å²) in [6.07, 6.45) is 2.20. The number of primary amides is 1. The van der Waals surface area contributed by atoms with E-state index in [4.69, 9.17) is 29.4 Å². The van der Waals surface area contributed by atoms with E-state index in [1.807, 2.05) is 62.1 Å². The van der Waals surface area contributed by atoms with E-state index in [-0.39, 0.29) is 13.3 Å². The first-order chi connectivity index (χ1) is 21.8. The third kappa shape index (κ3) is 5.99. The Morgan fingerprint density at radius 3 is 2.24 bits per heavy atom. The molecule has 4 atom stereocenters. The molecule has 1 saturated heterocycles. The van der Waals surface area contributed by atoms with Gasteiger partial charge in [0.15, 0.2) is 23.0 Å². The Morgan fingerprint density at radius 2 is 1.64 bits per heavy atom. The predicted octanol–water partition coefficient (Wildman–Crippen LogP) is 5.41. The molecule has 2 heterocycles. The summed E-state index contributed by atoms with van der Waals surface area (Å²) in [6.45, 7) is 6.88. The molecule has 45 heavy (non-hydrogen) atoms. The molecule has 10 heteroatoms. The highest BCUT2D eigenvalue weighted by atomic mass is 16.7. The molecule has 3 aromatic carbocycles. The number of rotatable bonds is 13. The Kier molecular flexibility index (Phi) is 9.72. The number of nitrogens with two attached hydrogens (primary N) is 1. The maximum atomic E-state index is 13.6. The summed E-state index contributed by atoms with van der Waals surface area (Å²) in [6, 6.07) is 13.5. The molecule has 1 amide bonds. The highest BCUT2D eigenvalue weighted by molar-refractivity contribution is 5.83. The molecule has 0 aromatic heterocycles. The number of aryl methyl sites for hydroxylation is 2. The van der Waals surface area contributed by atoms with Gasteiger partial charge < -0.3 is 34.5 Å². The van der Waals surface area contributed by atoms with Gasteiger partial charge in [-0.2, -0.15) is 0 Å². The number of carbonyl (C=O) groups excluding carboxylic acids is 1. The lowest BCUT2D eigenvalue weighted by molar-refractivity contribution is -0.143. The Bertz CT molecular complexity index is 1530. The number of amides is 1. The number of ether oxygens (including phenoxy) is 5. The molecule has 5 rings (SSSR count). The number of carbonyl (C=O) groups is 2. The van der Waals surface area contributed by atoms with Gasteiger partial charge in [-0.1, -0.05) is 45.0 Å². The standard InChI is InChI=1S/C35H42N2O8/c1-6-14-43-25-13-12-22(15-26(25)41-4)31-30(35(39)40)24(23-16-27(42-5)33-28(17-23)44-19-45-33)18-37(31)32(34(36)38)29-20(7-2)10-9-11-21(29)8-3/h9-13,15-17,24,30-32H,6-8,14,18-19H2,1-5H3,(H2,36,38)(H,39,40). The molecular weight excluding hydrogens is 576 g/mol. The predicted molar refractivity (Wildman–Crippen MR) is 168 cm³/mol. The van der Waals surface area contributed by atoms with Crippen molar-refractivity contribution in [3.05, 3.63) is 76.3 Å². The lowest BCUT2D eigenvalue weighted by Crippen LogP contribution is -2.40. The van der Waals surface area contributed by atoms with Gasteiger partial charge in [0, 0.05) is 18.5 Å². The van der Waals surface area contributed by atoms with Gasteiger partial charge in [-0.05, 0) is 71.3 Å². The van der Waals surface area contributed by atoms with Crippen LogP contribution in [0.1, 0.15) is 73.0 Å². The zero-order valence-electron chi connectivity index (χ0n) is 26.5. The Labute approximate surface area is 264 Å². The van der Waals surface area contributed by atoms with E-state index < -0.39 is 35.8 Å². The summed E-state index contributed by atoms with van der Waals surface area (Å²) in [7, 11) is 3.09. The van der Waals surface area contributed by atoms with Crippen molar-refractivity contribution in [1.82, 2.24) is 4.90 Å². The fourth-order valence-corrected chi connectivity index (χ4v) is 6.83. The van der Waals surface area contributed by atoms with Crippen LogP contribution in [0.25, 0.3) is 0 Å². The molecule has 1 fully saturated rings. The number of methoxy groups -OCH3 is 2. The van der Waals surface area contributed by atoms with Crippen LogP contribution < -0.4 is 29.4 Å². The third-order valence-corrected chi connectivity index (χ3v) is 8.85. The van der Waals surface area contributed by atoms with Gasteiger partial charge in [-0.25, -0.2) is 0 Å². The molecule has 0 aliphatic carbocycles. The number of aliphatic carboxylic acids is 1. The van der Waals surface area contributed by atoms with Gasteiger partial charge in [0.25, 0.3) is 0 Å². The van der Waals surface area contributed by atoms with Gasteiger partial charge in [-0.15, -0.1) is 0 Å². The first kappa shape index (κ1) is 32.0. The van der Waals surface area contributed by atoms with Crippen molar-refractivity contribution < 1.29 is 38.4 Å². The third-order valence-electron chi connectivity index (χ3n) is 8.85. The molecule has 0 radical (unpaired) electrons. The minimum absolute atomic E-state index is 0.0422. The summed E-state index contributed by atoms with van der Waals surface area (Å²) < 4.78 is 28.5. The molecule has 10 nitrogen and oxygen atoms in total. The maximum absolute atomic E-state index is 13.6. The van der Waals surface area contributed by atoms with Gasteiger partial charge >= 0.3 is 5.97 Å². The first-order valence-electron chi connectivity index (χ1n) is 15.4. The minimum Gasteiger partial charge on any atom is -0.493 e.